The Balaban J connectivity index is 1.74. The zero-order valence-electron chi connectivity index (χ0n) is 18.8. The Bertz CT molecular complexity index is 924. The number of nitrogen functional groups attached to an aromatic ring is 1. The molecule has 0 radical (unpaired) electrons. The van der Waals surface area contributed by atoms with Crippen molar-refractivity contribution in [2.45, 2.75) is 52.4 Å². The van der Waals surface area contributed by atoms with E-state index < -0.39 is 24.4 Å². The lowest BCUT2D eigenvalue weighted by Crippen LogP contribution is -2.41. The number of nitrogens with two attached hydrogens (primary N) is 1. The third-order valence-electron chi connectivity index (χ3n) is 5.55. The number of nitrogens with one attached hydrogen (secondary N) is 1. The monoisotopic (exact) mass is 423 g/mol. The van der Waals surface area contributed by atoms with Crippen molar-refractivity contribution < 1.29 is 18.8 Å². The Morgan fingerprint density at radius 2 is 1.81 bits per heavy atom. The highest BCUT2D eigenvalue weighted by molar-refractivity contribution is 6.56. The van der Waals surface area contributed by atoms with Crippen LogP contribution in [0.1, 0.15) is 44.5 Å². The van der Waals surface area contributed by atoms with E-state index in [2.05, 4.69) is 10.3 Å². The van der Waals surface area contributed by atoms with E-state index >= 15 is 0 Å². The van der Waals surface area contributed by atoms with Crippen molar-refractivity contribution in [2.75, 3.05) is 12.3 Å². The molecule has 1 aliphatic heterocycles. The fourth-order valence-electron chi connectivity index (χ4n) is 3.13. The molecule has 2 heterocycles. The van der Waals surface area contributed by atoms with Gasteiger partial charge >= 0.3 is 13.2 Å². The van der Waals surface area contributed by atoms with Gasteiger partial charge in [-0.15, -0.1) is 0 Å². The topological polar surface area (TPSA) is 95.7 Å². The molecule has 1 aromatic heterocycles. The van der Waals surface area contributed by atoms with Crippen molar-refractivity contribution in [3.05, 3.63) is 64.8 Å². The summed E-state index contributed by atoms with van der Waals surface area (Å²) >= 11 is 0. The first-order valence-corrected chi connectivity index (χ1v) is 10.3. The quantitative estimate of drug-likeness (QED) is 0.684. The fraction of sp³-hybridized carbons (Fsp3) is 0.391. The van der Waals surface area contributed by atoms with E-state index in [9.17, 15) is 4.79 Å². The van der Waals surface area contributed by atoms with Gasteiger partial charge in [-0.3, -0.25) is 0 Å². The van der Waals surface area contributed by atoms with E-state index in [-0.39, 0.29) is 13.2 Å². The predicted molar refractivity (Wildman–Crippen MR) is 122 cm³/mol. The van der Waals surface area contributed by atoms with Crippen LogP contribution in [0.5, 0.6) is 0 Å². The van der Waals surface area contributed by atoms with E-state index in [4.69, 9.17) is 19.8 Å². The van der Waals surface area contributed by atoms with Gasteiger partial charge in [0.25, 0.3) is 0 Å². The molecule has 0 aliphatic carbocycles. The number of ether oxygens (including phenoxy) is 1. The number of rotatable bonds is 6. The second kappa shape index (κ2) is 9.12. The van der Waals surface area contributed by atoms with Gasteiger partial charge in [0.15, 0.2) is 0 Å². The Morgan fingerprint density at radius 1 is 1.16 bits per heavy atom. The first kappa shape index (κ1) is 22.8. The van der Waals surface area contributed by atoms with Gasteiger partial charge in [0, 0.05) is 6.54 Å². The third kappa shape index (κ3) is 5.86. The number of pyridine rings is 1. The van der Waals surface area contributed by atoms with E-state index in [0.717, 1.165) is 11.1 Å². The molecule has 7 nitrogen and oxygen atoms in total. The van der Waals surface area contributed by atoms with Crippen LogP contribution in [0, 0.1) is 6.92 Å². The van der Waals surface area contributed by atoms with Crippen LogP contribution in [0.2, 0.25) is 0 Å². The molecule has 0 atom stereocenters. The third-order valence-corrected chi connectivity index (χ3v) is 5.55. The van der Waals surface area contributed by atoms with Gasteiger partial charge in [-0.25, -0.2) is 9.78 Å². The highest BCUT2D eigenvalue weighted by Gasteiger charge is 2.52. The highest BCUT2D eigenvalue weighted by atomic mass is 16.7. The summed E-state index contributed by atoms with van der Waals surface area (Å²) in [5.41, 5.74) is 8.17. The van der Waals surface area contributed by atoms with Crippen LogP contribution in [0.15, 0.2) is 47.9 Å². The normalized spacial score (nSPS) is 17.5. The van der Waals surface area contributed by atoms with Crippen LogP contribution < -0.4 is 11.1 Å². The number of carbonyl (C=O) groups is 1. The Kier molecular flexibility index (Phi) is 6.72. The van der Waals surface area contributed by atoms with Crippen molar-refractivity contribution in [3.63, 3.8) is 0 Å². The lowest BCUT2D eigenvalue weighted by Gasteiger charge is -2.32. The fourth-order valence-corrected chi connectivity index (χ4v) is 3.13. The highest BCUT2D eigenvalue weighted by Crippen LogP contribution is 2.38. The van der Waals surface area contributed by atoms with Crippen LogP contribution in [0.3, 0.4) is 0 Å². The molecule has 8 heteroatoms. The molecule has 1 fully saturated rings. The van der Waals surface area contributed by atoms with Crippen molar-refractivity contribution in [2.24, 2.45) is 0 Å². The van der Waals surface area contributed by atoms with Crippen LogP contribution in [0.25, 0.3) is 6.08 Å². The smallest absolute Gasteiger partial charge is 0.445 e. The Labute approximate surface area is 184 Å². The zero-order valence-corrected chi connectivity index (χ0v) is 18.8. The number of aromatic nitrogens is 1. The molecule has 0 saturated carbocycles. The first-order valence-electron chi connectivity index (χ1n) is 10.3. The number of carbonyl (C=O) groups excluding carboxylic acids is 1. The molecule has 31 heavy (non-hydrogen) atoms. The summed E-state index contributed by atoms with van der Waals surface area (Å²) in [6.07, 6.45) is 1.31. The predicted octanol–water partition coefficient (Wildman–Crippen LogP) is 3.91. The van der Waals surface area contributed by atoms with Gasteiger partial charge < -0.3 is 25.1 Å². The molecule has 1 amide bonds. The Morgan fingerprint density at radius 3 is 2.42 bits per heavy atom. The second-order valence-electron chi connectivity index (χ2n) is 8.72. The van der Waals surface area contributed by atoms with Gasteiger partial charge in [0.05, 0.1) is 16.9 Å². The molecular formula is C23H30BN3O4. The second-order valence-corrected chi connectivity index (χ2v) is 8.72. The average Bonchev–Trinajstić information content (AvgIpc) is 2.90. The number of benzene rings is 1. The van der Waals surface area contributed by atoms with Crippen LogP contribution in [-0.4, -0.2) is 35.9 Å². The molecule has 3 rings (SSSR count). The van der Waals surface area contributed by atoms with Crippen LogP contribution in [-0.2, 0) is 20.7 Å². The minimum atomic E-state index is -0.636. The molecule has 0 unspecified atom stereocenters. The summed E-state index contributed by atoms with van der Waals surface area (Å²) in [4.78, 5) is 16.6. The summed E-state index contributed by atoms with van der Waals surface area (Å²) in [7, 11) is -0.636. The number of nitrogens with zero attached hydrogens (tertiary/aromatic N) is 1. The van der Waals surface area contributed by atoms with Gasteiger partial charge in [-0.2, -0.15) is 0 Å². The molecular weight excluding hydrogens is 393 g/mol. The zero-order chi connectivity index (χ0) is 22.6. The summed E-state index contributed by atoms with van der Waals surface area (Å²) in [5, 5.41) is 2.79. The molecule has 1 aromatic carbocycles. The molecule has 2 aromatic rings. The van der Waals surface area contributed by atoms with Crippen molar-refractivity contribution in [3.8, 4) is 0 Å². The number of alkyl carbamates (subject to hydrolysis) is 1. The first-order chi connectivity index (χ1) is 14.6. The number of hydrogen-bond acceptors (Lipinski definition) is 6. The summed E-state index contributed by atoms with van der Waals surface area (Å²) in [5.74, 6) is 0.426. The largest absolute Gasteiger partial charge is 0.492 e. The summed E-state index contributed by atoms with van der Waals surface area (Å²) < 4.78 is 17.7. The molecule has 164 valence electrons. The maximum atomic E-state index is 12.3. The molecule has 1 aliphatic rings. The van der Waals surface area contributed by atoms with E-state index in [0.29, 0.717) is 17.0 Å². The molecule has 0 spiro atoms. The van der Waals surface area contributed by atoms with Crippen molar-refractivity contribution in [1.82, 2.24) is 10.3 Å². The summed E-state index contributed by atoms with van der Waals surface area (Å²) in [6.45, 7) is 10.2. The lowest BCUT2D eigenvalue weighted by molar-refractivity contribution is 0.00578. The minimum Gasteiger partial charge on any atom is -0.445 e. The van der Waals surface area contributed by atoms with E-state index in [1.54, 1.807) is 6.07 Å². The molecule has 0 bridgehead atoms. The molecule has 1 saturated heterocycles. The SMILES string of the molecule is Cc1cc(N)nc(C=C(CNC(=O)OCc2ccccc2)B2OC(C)(C)C(C)(C)O2)c1. The van der Waals surface area contributed by atoms with Crippen LogP contribution in [0.4, 0.5) is 10.6 Å². The van der Waals surface area contributed by atoms with E-state index in [1.807, 2.05) is 77.1 Å². The number of amides is 1. The van der Waals surface area contributed by atoms with Gasteiger partial charge in [0.1, 0.15) is 12.4 Å². The average molecular weight is 423 g/mol. The number of hydrogen-bond donors (Lipinski definition) is 2. The van der Waals surface area contributed by atoms with Crippen molar-refractivity contribution >= 4 is 25.1 Å². The van der Waals surface area contributed by atoms with E-state index in [1.165, 1.54) is 0 Å². The van der Waals surface area contributed by atoms with Crippen molar-refractivity contribution in [1.29, 1.82) is 0 Å². The Hall–Kier alpha value is -2.84. The number of aryl methyl sites for hydroxylation is 1. The van der Waals surface area contributed by atoms with Gasteiger partial charge in [0.2, 0.25) is 0 Å². The lowest BCUT2D eigenvalue weighted by atomic mass is 9.77. The van der Waals surface area contributed by atoms with Crippen LogP contribution >= 0.6 is 0 Å². The number of anilines is 1. The summed E-state index contributed by atoms with van der Waals surface area (Å²) in [6, 6.07) is 13.2. The maximum Gasteiger partial charge on any atom is 0.492 e. The van der Waals surface area contributed by atoms with Gasteiger partial charge in [-0.05, 0) is 69.4 Å². The maximum absolute atomic E-state index is 12.3. The molecule has 3 N–H and O–H groups in total. The van der Waals surface area contributed by atoms with Gasteiger partial charge in [-0.1, -0.05) is 30.3 Å². The minimum absolute atomic E-state index is 0.181. The standard InChI is InChI=1S/C23H30BN3O4/c1-16-11-19(27-20(25)12-16)13-18(24-30-22(2,3)23(4,5)31-24)14-26-21(28)29-15-17-9-7-6-8-10-17/h6-13H,14-15H2,1-5H3,(H2,25,27)(H,26,28).